The molecule has 0 aromatic heterocycles. The monoisotopic (exact) mass is 406 g/mol. The van der Waals surface area contributed by atoms with E-state index in [0.29, 0.717) is 11.4 Å². The summed E-state index contributed by atoms with van der Waals surface area (Å²) in [5, 5.41) is 2.90. The highest BCUT2D eigenvalue weighted by molar-refractivity contribution is 5.93. The molecule has 4 nitrogen and oxygen atoms in total. The van der Waals surface area contributed by atoms with Crippen LogP contribution in [0.15, 0.2) is 42.5 Å². The van der Waals surface area contributed by atoms with Gasteiger partial charge in [0.05, 0.1) is 24.9 Å². The molecule has 0 saturated carbocycles. The van der Waals surface area contributed by atoms with Crippen molar-refractivity contribution in [1.82, 2.24) is 4.90 Å². The summed E-state index contributed by atoms with van der Waals surface area (Å²) in [6.45, 7) is 2.83. The number of benzene rings is 2. The Hall–Kier alpha value is -2.54. The predicted octanol–water partition coefficient (Wildman–Crippen LogP) is 5.19. The summed E-state index contributed by atoms with van der Waals surface area (Å²) in [4.78, 5) is 14.7. The first-order chi connectivity index (χ1) is 13.8. The third kappa shape index (κ3) is 5.29. The molecule has 2 aromatic rings. The maximum atomic E-state index is 12.8. The molecule has 1 saturated heterocycles. The van der Waals surface area contributed by atoms with Gasteiger partial charge < -0.3 is 10.1 Å². The number of methoxy groups -OCH3 is 1. The van der Waals surface area contributed by atoms with Gasteiger partial charge in [-0.1, -0.05) is 24.6 Å². The molecule has 3 rings (SSSR count). The number of ether oxygens (including phenoxy) is 1. The van der Waals surface area contributed by atoms with Crippen molar-refractivity contribution in [3.8, 4) is 5.75 Å². The molecule has 7 heteroatoms. The Morgan fingerprint density at radius 1 is 1.17 bits per heavy atom. The van der Waals surface area contributed by atoms with E-state index in [1.54, 1.807) is 13.2 Å². The van der Waals surface area contributed by atoms with Gasteiger partial charge in [-0.15, -0.1) is 0 Å². The van der Waals surface area contributed by atoms with Gasteiger partial charge in [-0.2, -0.15) is 13.2 Å². The van der Waals surface area contributed by atoms with E-state index in [1.165, 1.54) is 12.1 Å². The van der Waals surface area contributed by atoms with Gasteiger partial charge in [-0.25, -0.2) is 0 Å². The van der Waals surface area contributed by atoms with Gasteiger partial charge >= 0.3 is 6.18 Å². The number of piperidine rings is 1. The minimum absolute atomic E-state index is 0.0730. The topological polar surface area (TPSA) is 41.6 Å². The third-order valence-corrected chi connectivity index (χ3v) is 5.21. The van der Waals surface area contributed by atoms with Crippen LogP contribution in [0.3, 0.4) is 0 Å². The number of alkyl halides is 3. The summed E-state index contributed by atoms with van der Waals surface area (Å²) >= 11 is 0. The molecule has 1 heterocycles. The summed E-state index contributed by atoms with van der Waals surface area (Å²) < 4.78 is 43.8. The summed E-state index contributed by atoms with van der Waals surface area (Å²) in [6.07, 6.45) is -1.60. The Kier molecular flexibility index (Phi) is 6.47. The Bertz CT molecular complexity index is 850. The summed E-state index contributed by atoms with van der Waals surface area (Å²) in [5.41, 5.74) is 1.76. The van der Waals surface area contributed by atoms with E-state index in [-0.39, 0.29) is 18.5 Å². The van der Waals surface area contributed by atoms with Crippen molar-refractivity contribution in [3.05, 3.63) is 59.2 Å². The zero-order valence-corrected chi connectivity index (χ0v) is 16.6. The van der Waals surface area contributed by atoms with Crippen molar-refractivity contribution in [2.45, 2.75) is 38.4 Å². The van der Waals surface area contributed by atoms with Crippen LogP contribution in [0.1, 0.15) is 42.0 Å². The average Bonchev–Trinajstić information content (AvgIpc) is 2.68. The lowest BCUT2D eigenvalue weighted by molar-refractivity contribution is -0.137. The lowest BCUT2D eigenvalue weighted by Crippen LogP contribution is -2.39. The summed E-state index contributed by atoms with van der Waals surface area (Å²) in [7, 11) is 1.55. The highest BCUT2D eigenvalue weighted by Crippen LogP contribution is 2.34. The number of likely N-dealkylation sites (tertiary alicyclic amines) is 1. The molecule has 1 aliphatic rings. The van der Waals surface area contributed by atoms with Crippen molar-refractivity contribution in [2.75, 3.05) is 25.5 Å². The molecule has 2 aromatic carbocycles. The van der Waals surface area contributed by atoms with Crippen LogP contribution in [0.25, 0.3) is 0 Å². The van der Waals surface area contributed by atoms with Gasteiger partial charge in [0.15, 0.2) is 0 Å². The van der Waals surface area contributed by atoms with Crippen LogP contribution in [-0.4, -0.2) is 31.0 Å². The van der Waals surface area contributed by atoms with Gasteiger partial charge in [0, 0.05) is 6.04 Å². The van der Waals surface area contributed by atoms with E-state index in [0.717, 1.165) is 49.1 Å². The summed E-state index contributed by atoms with van der Waals surface area (Å²) in [5.74, 6) is 0.412. The number of hydrogen-bond donors (Lipinski definition) is 1. The van der Waals surface area contributed by atoms with Gasteiger partial charge in [0.25, 0.3) is 0 Å². The molecular weight excluding hydrogens is 381 g/mol. The second-order valence-corrected chi connectivity index (χ2v) is 7.35. The molecule has 1 fully saturated rings. The molecule has 1 N–H and O–H groups in total. The number of aryl methyl sites for hydroxylation is 1. The maximum Gasteiger partial charge on any atom is 0.416 e. The Morgan fingerprint density at radius 2 is 1.90 bits per heavy atom. The highest BCUT2D eigenvalue weighted by atomic mass is 19.4. The van der Waals surface area contributed by atoms with E-state index in [9.17, 15) is 18.0 Å². The Morgan fingerprint density at radius 3 is 2.55 bits per heavy atom. The van der Waals surface area contributed by atoms with Crippen molar-refractivity contribution in [1.29, 1.82) is 0 Å². The molecule has 1 aliphatic heterocycles. The number of nitrogens with zero attached hydrogens (tertiary/aromatic N) is 1. The molecule has 1 unspecified atom stereocenters. The summed E-state index contributed by atoms with van der Waals surface area (Å²) in [6, 6.07) is 10.7. The number of amides is 1. The number of nitrogens with one attached hydrogen (secondary N) is 1. The number of rotatable bonds is 5. The van der Waals surface area contributed by atoms with E-state index >= 15 is 0 Å². The van der Waals surface area contributed by atoms with Crippen LogP contribution in [0.2, 0.25) is 0 Å². The van der Waals surface area contributed by atoms with E-state index < -0.39 is 11.7 Å². The smallest absolute Gasteiger partial charge is 0.416 e. The van der Waals surface area contributed by atoms with E-state index in [2.05, 4.69) is 5.32 Å². The van der Waals surface area contributed by atoms with Crippen molar-refractivity contribution in [3.63, 3.8) is 0 Å². The number of anilines is 1. The second-order valence-electron chi connectivity index (χ2n) is 7.35. The molecule has 29 heavy (non-hydrogen) atoms. The van der Waals surface area contributed by atoms with Crippen LogP contribution in [0, 0.1) is 6.92 Å². The normalized spacial score (nSPS) is 17.8. The van der Waals surface area contributed by atoms with Gasteiger partial charge in [-0.05, 0) is 61.7 Å². The molecule has 1 atom stereocenters. The van der Waals surface area contributed by atoms with E-state index in [4.69, 9.17) is 4.74 Å². The molecule has 1 amide bonds. The molecule has 156 valence electrons. The minimum atomic E-state index is -4.35. The van der Waals surface area contributed by atoms with Gasteiger partial charge in [-0.3, -0.25) is 9.69 Å². The van der Waals surface area contributed by atoms with Gasteiger partial charge in [0.2, 0.25) is 5.91 Å². The molecular formula is C22H25F3N2O2. The number of carbonyl (C=O) groups excluding carboxylic acids is 1. The zero-order valence-electron chi connectivity index (χ0n) is 16.6. The fraction of sp³-hybridized carbons (Fsp3) is 0.409. The SMILES string of the molecule is COc1ccc(C)cc1NC(=O)CN1CCCCC1c1ccc(C(F)(F)F)cc1. The maximum absolute atomic E-state index is 12.8. The minimum Gasteiger partial charge on any atom is -0.495 e. The first-order valence-electron chi connectivity index (χ1n) is 9.63. The van der Waals surface area contributed by atoms with E-state index in [1.807, 2.05) is 24.0 Å². The van der Waals surface area contributed by atoms with Crippen LogP contribution in [-0.2, 0) is 11.0 Å². The van der Waals surface area contributed by atoms with Crippen LogP contribution < -0.4 is 10.1 Å². The number of hydrogen-bond acceptors (Lipinski definition) is 3. The quantitative estimate of drug-likeness (QED) is 0.743. The molecule has 0 aliphatic carbocycles. The zero-order chi connectivity index (χ0) is 21.0. The van der Waals surface area contributed by atoms with Crippen LogP contribution in [0.4, 0.5) is 18.9 Å². The first kappa shape index (κ1) is 21.2. The first-order valence-corrected chi connectivity index (χ1v) is 9.63. The third-order valence-electron chi connectivity index (χ3n) is 5.21. The van der Waals surface area contributed by atoms with Crippen LogP contribution in [0.5, 0.6) is 5.75 Å². The Labute approximate surface area is 168 Å². The second kappa shape index (κ2) is 8.86. The Balaban J connectivity index is 1.71. The standard InChI is InChI=1S/C22H25F3N2O2/c1-15-6-11-20(29-2)18(13-15)26-21(28)14-27-12-4-3-5-19(27)16-7-9-17(10-8-16)22(23,24)25/h6-11,13,19H,3-5,12,14H2,1-2H3,(H,26,28). The lowest BCUT2D eigenvalue weighted by atomic mass is 9.94. The fourth-order valence-electron chi connectivity index (χ4n) is 3.75. The average molecular weight is 406 g/mol. The predicted molar refractivity (Wildman–Crippen MR) is 106 cm³/mol. The van der Waals surface area contributed by atoms with Gasteiger partial charge in [0.1, 0.15) is 5.75 Å². The lowest BCUT2D eigenvalue weighted by Gasteiger charge is -2.35. The molecule has 0 spiro atoms. The number of halogens is 3. The molecule has 0 radical (unpaired) electrons. The number of carbonyl (C=O) groups is 1. The molecule has 0 bridgehead atoms. The van der Waals surface area contributed by atoms with Crippen LogP contribution >= 0.6 is 0 Å². The van der Waals surface area contributed by atoms with Crippen molar-refractivity contribution in [2.24, 2.45) is 0 Å². The fourth-order valence-corrected chi connectivity index (χ4v) is 3.75. The van der Waals surface area contributed by atoms with Crippen molar-refractivity contribution < 1.29 is 22.7 Å². The van der Waals surface area contributed by atoms with Crippen molar-refractivity contribution >= 4 is 11.6 Å². The highest BCUT2D eigenvalue weighted by Gasteiger charge is 2.31. The largest absolute Gasteiger partial charge is 0.495 e.